The monoisotopic (exact) mass is 300 g/mol. The summed E-state index contributed by atoms with van der Waals surface area (Å²) < 4.78 is 10.8. The molecular weight excluding hydrogens is 284 g/mol. The number of ketones is 1. The van der Waals surface area contributed by atoms with Crippen LogP contribution in [0.5, 0.6) is 17.2 Å². The van der Waals surface area contributed by atoms with E-state index in [2.05, 4.69) is 0 Å². The molecule has 0 amide bonds. The van der Waals surface area contributed by atoms with Crippen molar-refractivity contribution in [2.75, 3.05) is 7.11 Å². The number of aromatic hydroxyl groups is 1. The van der Waals surface area contributed by atoms with Crippen LogP contribution in [0.25, 0.3) is 0 Å². The number of Topliss-reactive ketones (excluding diaryl/α,β-unsaturated/α-hetero) is 1. The van der Waals surface area contributed by atoms with Crippen LogP contribution in [-0.2, 0) is 5.79 Å². The van der Waals surface area contributed by atoms with Crippen molar-refractivity contribution in [3.63, 3.8) is 0 Å². The van der Waals surface area contributed by atoms with E-state index in [0.29, 0.717) is 16.9 Å². The minimum Gasteiger partial charge on any atom is -0.507 e. The highest BCUT2D eigenvalue weighted by Crippen LogP contribution is 2.45. The first-order valence-corrected chi connectivity index (χ1v) is 6.87. The molecule has 1 atom stereocenters. The number of carbonyl (C=O) groups excluding carboxylic acids is 1. The van der Waals surface area contributed by atoms with E-state index in [4.69, 9.17) is 9.47 Å². The van der Waals surface area contributed by atoms with Gasteiger partial charge in [0, 0.05) is 17.2 Å². The molecule has 0 aromatic heterocycles. The van der Waals surface area contributed by atoms with E-state index >= 15 is 0 Å². The number of benzene rings is 2. The molecule has 1 aliphatic heterocycles. The van der Waals surface area contributed by atoms with Crippen LogP contribution < -0.4 is 9.47 Å². The number of phenolic OH excluding ortho intramolecular Hbond substituents is 1. The SMILES string of the molecule is COc1cc2c(c(O)c1C)C(=O)CC(O)(c1ccccc1)O2. The molecule has 0 aliphatic carbocycles. The van der Waals surface area contributed by atoms with Crippen LogP contribution in [0.1, 0.15) is 27.9 Å². The Balaban J connectivity index is 2.14. The summed E-state index contributed by atoms with van der Waals surface area (Å²) in [6.07, 6.45) is -0.261. The second kappa shape index (κ2) is 5.03. The highest BCUT2D eigenvalue weighted by molar-refractivity contribution is 6.03. The number of hydrogen-bond acceptors (Lipinski definition) is 5. The molecule has 0 radical (unpaired) electrons. The number of ether oxygens (including phenoxy) is 2. The average molecular weight is 300 g/mol. The molecule has 0 saturated heterocycles. The number of rotatable bonds is 2. The minimum absolute atomic E-state index is 0.0823. The van der Waals surface area contributed by atoms with Crippen LogP contribution in [-0.4, -0.2) is 23.1 Å². The lowest BCUT2D eigenvalue weighted by Crippen LogP contribution is -2.39. The van der Waals surface area contributed by atoms with Crippen molar-refractivity contribution in [2.45, 2.75) is 19.1 Å². The van der Waals surface area contributed by atoms with Crippen molar-refractivity contribution in [1.29, 1.82) is 0 Å². The quantitative estimate of drug-likeness (QED) is 0.891. The van der Waals surface area contributed by atoms with Crippen molar-refractivity contribution in [3.05, 3.63) is 53.1 Å². The number of methoxy groups -OCH3 is 1. The van der Waals surface area contributed by atoms with Crippen molar-refractivity contribution >= 4 is 5.78 Å². The topological polar surface area (TPSA) is 76.0 Å². The Morgan fingerprint density at radius 1 is 1.27 bits per heavy atom. The molecular formula is C17H16O5. The molecule has 1 unspecified atom stereocenters. The van der Waals surface area contributed by atoms with Crippen molar-refractivity contribution in [1.82, 2.24) is 0 Å². The van der Waals surface area contributed by atoms with Crippen molar-refractivity contribution in [2.24, 2.45) is 0 Å². The molecule has 3 rings (SSSR count). The van der Waals surface area contributed by atoms with Gasteiger partial charge < -0.3 is 19.7 Å². The lowest BCUT2D eigenvalue weighted by atomic mass is 9.91. The maximum atomic E-state index is 12.4. The molecule has 0 bridgehead atoms. The van der Waals surface area contributed by atoms with Gasteiger partial charge in [0.2, 0.25) is 5.79 Å². The Morgan fingerprint density at radius 3 is 2.59 bits per heavy atom. The van der Waals surface area contributed by atoms with Gasteiger partial charge >= 0.3 is 0 Å². The van der Waals surface area contributed by atoms with Gasteiger partial charge in [-0.3, -0.25) is 4.79 Å². The largest absolute Gasteiger partial charge is 0.507 e. The fourth-order valence-electron chi connectivity index (χ4n) is 2.67. The Labute approximate surface area is 127 Å². The van der Waals surface area contributed by atoms with Gasteiger partial charge in [-0.05, 0) is 6.92 Å². The lowest BCUT2D eigenvalue weighted by Gasteiger charge is -2.34. The number of hydrogen-bond donors (Lipinski definition) is 2. The second-order valence-electron chi connectivity index (χ2n) is 5.28. The highest BCUT2D eigenvalue weighted by Gasteiger charge is 2.42. The molecule has 1 aliphatic rings. The Morgan fingerprint density at radius 2 is 1.95 bits per heavy atom. The van der Waals surface area contributed by atoms with Gasteiger partial charge in [-0.15, -0.1) is 0 Å². The predicted octanol–water partition coefficient (Wildman–Crippen LogP) is 2.52. The fourth-order valence-corrected chi connectivity index (χ4v) is 2.67. The van der Waals surface area contributed by atoms with Crippen LogP contribution >= 0.6 is 0 Å². The molecule has 2 aromatic carbocycles. The molecule has 22 heavy (non-hydrogen) atoms. The van der Waals surface area contributed by atoms with Crippen LogP contribution in [0.4, 0.5) is 0 Å². The van der Waals surface area contributed by atoms with Gasteiger partial charge in [0.05, 0.1) is 13.5 Å². The zero-order chi connectivity index (χ0) is 15.9. The van der Waals surface area contributed by atoms with Crippen LogP contribution in [0.2, 0.25) is 0 Å². The maximum absolute atomic E-state index is 12.4. The van der Waals surface area contributed by atoms with E-state index in [1.54, 1.807) is 31.2 Å². The van der Waals surface area contributed by atoms with E-state index in [0.717, 1.165) is 0 Å². The molecule has 1 heterocycles. The van der Waals surface area contributed by atoms with E-state index in [9.17, 15) is 15.0 Å². The Kier molecular flexibility index (Phi) is 3.30. The number of aliphatic hydroxyl groups is 1. The zero-order valence-electron chi connectivity index (χ0n) is 12.3. The molecule has 0 fully saturated rings. The van der Waals surface area contributed by atoms with Gasteiger partial charge in [0.1, 0.15) is 22.8 Å². The molecule has 0 saturated carbocycles. The minimum atomic E-state index is -1.75. The summed E-state index contributed by atoms with van der Waals surface area (Å²) in [6, 6.07) is 10.2. The van der Waals surface area contributed by atoms with Gasteiger partial charge in [0.15, 0.2) is 5.78 Å². The first-order valence-electron chi connectivity index (χ1n) is 6.87. The normalized spacial score (nSPS) is 20.2. The van der Waals surface area contributed by atoms with E-state index in [-0.39, 0.29) is 29.3 Å². The van der Waals surface area contributed by atoms with Crippen molar-refractivity contribution < 1.29 is 24.5 Å². The van der Waals surface area contributed by atoms with Gasteiger partial charge in [-0.2, -0.15) is 0 Å². The van der Waals surface area contributed by atoms with Crippen LogP contribution in [0, 0.1) is 6.92 Å². The highest BCUT2D eigenvalue weighted by atomic mass is 16.6. The first-order chi connectivity index (χ1) is 10.5. The summed E-state index contributed by atoms with van der Waals surface area (Å²) in [4.78, 5) is 12.4. The summed E-state index contributed by atoms with van der Waals surface area (Å²) in [5.74, 6) is -1.80. The number of carbonyl (C=O) groups is 1. The van der Waals surface area contributed by atoms with Gasteiger partial charge in [0.25, 0.3) is 0 Å². The standard InChI is InChI=1S/C17H16O5/c1-10-13(21-2)8-14-15(16(10)19)12(18)9-17(20,22-14)11-6-4-3-5-7-11/h3-8,19-20H,9H2,1-2H3. The summed E-state index contributed by atoms with van der Waals surface area (Å²) in [6.45, 7) is 1.65. The van der Waals surface area contributed by atoms with E-state index in [1.807, 2.05) is 6.07 Å². The summed E-state index contributed by atoms with van der Waals surface area (Å²) in [5.41, 5.74) is 1.02. The number of fused-ring (bicyclic) bond motifs is 1. The molecule has 2 N–H and O–H groups in total. The molecule has 5 nitrogen and oxygen atoms in total. The smallest absolute Gasteiger partial charge is 0.242 e. The molecule has 2 aromatic rings. The first kappa shape index (κ1) is 14.4. The average Bonchev–Trinajstić information content (AvgIpc) is 2.51. The third kappa shape index (κ3) is 2.10. The predicted molar refractivity (Wildman–Crippen MR) is 79.3 cm³/mol. The van der Waals surface area contributed by atoms with E-state index < -0.39 is 5.79 Å². The summed E-state index contributed by atoms with van der Waals surface area (Å²) in [5, 5.41) is 20.9. The third-order valence-corrected chi connectivity index (χ3v) is 3.87. The van der Waals surface area contributed by atoms with E-state index in [1.165, 1.54) is 13.2 Å². The summed E-state index contributed by atoms with van der Waals surface area (Å²) >= 11 is 0. The Hall–Kier alpha value is -2.53. The zero-order valence-corrected chi connectivity index (χ0v) is 12.3. The summed E-state index contributed by atoms with van der Waals surface area (Å²) in [7, 11) is 1.46. The number of phenols is 1. The van der Waals surface area contributed by atoms with Crippen molar-refractivity contribution in [3.8, 4) is 17.2 Å². The second-order valence-corrected chi connectivity index (χ2v) is 5.28. The molecule has 5 heteroatoms. The molecule has 0 spiro atoms. The lowest BCUT2D eigenvalue weighted by molar-refractivity contribution is -0.147. The van der Waals surface area contributed by atoms with Crippen LogP contribution in [0.3, 0.4) is 0 Å². The van der Waals surface area contributed by atoms with Gasteiger partial charge in [-0.1, -0.05) is 30.3 Å². The Bertz CT molecular complexity index is 738. The maximum Gasteiger partial charge on any atom is 0.242 e. The molecule has 114 valence electrons. The van der Waals surface area contributed by atoms with Crippen LogP contribution in [0.15, 0.2) is 36.4 Å². The van der Waals surface area contributed by atoms with Gasteiger partial charge in [-0.25, -0.2) is 0 Å². The third-order valence-electron chi connectivity index (χ3n) is 3.87. The fraction of sp³-hybridized carbons (Fsp3) is 0.235.